The van der Waals surface area contributed by atoms with Crippen molar-refractivity contribution in [1.82, 2.24) is 4.72 Å². The average Bonchev–Trinajstić information content (AvgIpc) is 2.36. The van der Waals surface area contributed by atoms with Gasteiger partial charge in [-0.1, -0.05) is 19.1 Å². The van der Waals surface area contributed by atoms with E-state index in [0.717, 1.165) is 0 Å². The van der Waals surface area contributed by atoms with E-state index in [-0.39, 0.29) is 15.9 Å². The third-order valence-corrected chi connectivity index (χ3v) is 4.91. The summed E-state index contributed by atoms with van der Waals surface area (Å²) in [6, 6.07) is 6.06. The van der Waals surface area contributed by atoms with Gasteiger partial charge < -0.3 is 0 Å². The number of hydrogen-bond donors (Lipinski definition) is 1. The molecule has 0 bridgehead atoms. The van der Waals surface area contributed by atoms with Crippen molar-refractivity contribution in [2.75, 3.05) is 12.8 Å². The van der Waals surface area contributed by atoms with Crippen LogP contribution in [0, 0.1) is 0 Å². The lowest BCUT2D eigenvalue weighted by atomic mass is 10.2. The van der Waals surface area contributed by atoms with E-state index >= 15 is 0 Å². The fraction of sp³-hybridized carbons (Fsp3) is 0.417. The number of hydrogen-bond acceptors (Lipinski definition) is 4. The maximum atomic E-state index is 12.0. The Bertz CT molecular complexity index is 526. The fourth-order valence-electron chi connectivity index (χ4n) is 1.28. The highest BCUT2D eigenvalue weighted by atomic mass is 32.2. The minimum Gasteiger partial charge on any atom is -0.295 e. The van der Waals surface area contributed by atoms with Crippen LogP contribution in [0.5, 0.6) is 0 Å². The highest BCUT2D eigenvalue weighted by Crippen LogP contribution is 2.13. The summed E-state index contributed by atoms with van der Waals surface area (Å²) in [6.45, 7) is 3.72. The van der Waals surface area contributed by atoms with E-state index in [0.29, 0.717) is 12.1 Å². The van der Waals surface area contributed by atoms with Crippen LogP contribution in [0.3, 0.4) is 0 Å². The molecule has 0 heterocycles. The summed E-state index contributed by atoms with van der Waals surface area (Å²) < 4.78 is 26.5. The molecule has 0 aromatic heterocycles. The Balaban J connectivity index is 2.91. The van der Waals surface area contributed by atoms with Crippen molar-refractivity contribution < 1.29 is 13.2 Å². The van der Waals surface area contributed by atoms with E-state index in [4.69, 9.17) is 0 Å². The van der Waals surface area contributed by atoms with Crippen LogP contribution in [0.25, 0.3) is 0 Å². The smallest absolute Gasteiger partial charge is 0.240 e. The fourth-order valence-corrected chi connectivity index (χ4v) is 2.81. The van der Waals surface area contributed by atoms with Crippen molar-refractivity contribution in [2.45, 2.75) is 24.0 Å². The Kier molecular flexibility index (Phi) is 5.37. The number of Topliss-reactive ketones (excluding diaryl/α,β-unsaturated/α-hetero) is 1. The lowest BCUT2D eigenvalue weighted by Crippen LogP contribution is -2.29. The van der Waals surface area contributed by atoms with E-state index in [1.807, 2.05) is 13.2 Å². The minimum atomic E-state index is -3.54. The Morgan fingerprint density at radius 1 is 1.44 bits per heavy atom. The molecule has 1 aromatic rings. The monoisotopic (exact) mass is 287 g/mol. The van der Waals surface area contributed by atoms with Crippen LogP contribution in [0.4, 0.5) is 0 Å². The van der Waals surface area contributed by atoms with Crippen LogP contribution in [0.2, 0.25) is 0 Å². The molecule has 18 heavy (non-hydrogen) atoms. The predicted octanol–water partition coefficient (Wildman–Crippen LogP) is 1.92. The van der Waals surface area contributed by atoms with Gasteiger partial charge in [-0.25, -0.2) is 13.1 Å². The summed E-state index contributed by atoms with van der Waals surface area (Å²) in [5.74, 6) is -0.149. The molecule has 0 amide bonds. The van der Waals surface area contributed by atoms with Crippen molar-refractivity contribution in [3.63, 3.8) is 0 Å². The standard InChI is InChI=1S/C12H17NO3S2/c1-9(17-3)8-13-18(15,16)12-6-4-5-11(7-12)10(2)14/h4-7,9,13H,8H2,1-3H3. The molecular formula is C12H17NO3S2. The Hall–Kier alpha value is -0.850. The van der Waals surface area contributed by atoms with Crippen molar-refractivity contribution in [1.29, 1.82) is 0 Å². The van der Waals surface area contributed by atoms with Crippen LogP contribution < -0.4 is 4.72 Å². The molecule has 0 aliphatic heterocycles. The van der Waals surface area contributed by atoms with E-state index in [1.54, 1.807) is 23.9 Å². The molecule has 0 fully saturated rings. The molecule has 0 aliphatic rings. The molecule has 0 spiro atoms. The van der Waals surface area contributed by atoms with Crippen LogP contribution in [0.1, 0.15) is 24.2 Å². The molecule has 4 nitrogen and oxygen atoms in total. The predicted molar refractivity (Wildman–Crippen MR) is 74.6 cm³/mol. The summed E-state index contributed by atoms with van der Waals surface area (Å²) in [6.07, 6.45) is 1.93. The molecular weight excluding hydrogens is 270 g/mol. The molecule has 0 saturated carbocycles. The number of rotatable bonds is 6. The van der Waals surface area contributed by atoms with Gasteiger partial charge in [0.25, 0.3) is 0 Å². The summed E-state index contributed by atoms with van der Waals surface area (Å²) in [5.41, 5.74) is 0.399. The topological polar surface area (TPSA) is 63.2 Å². The summed E-state index contributed by atoms with van der Waals surface area (Å²) in [5, 5.41) is 0.204. The number of sulfonamides is 1. The lowest BCUT2D eigenvalue weighted by molar-refractivity contribution is 0.101. The number of ketones is 1. The number of nitrogens with one attached hydrogen (secondary N) is 1. The highest BCUT2D eigenvalue weighted by molar-refractivity contribution is 7.99. The third kappa shape index (κ3) is 4.12. The SMILES string of the molecule is CSC(C)CNS(=O)(=O)c1cccc(C(C)=O)c1. The van der Waals surface area contributed by atoms with Gasteiger partial charge in [0.1, 0.15) is 0 Å². The van der Waals surface area contributed by atoms with Gasteiger partial charge in [0.2, 0.25) is 10.0 Å². The van der Waals surface area contributed by atoms with Gasteiger partial charge in [-0.15, -0.1) is 0 Å². The summed E-state index contributed by atoms with van der Waals surface area (Å²) in [7, 11) is -3.54. The third-order valence-electron chi connectivity index (χ3n) is 2.51. The van der Waals surface area contributed by atoms with Gasteiger partial charge in [0.05, 0.1) is 4.90 Å². The van der Waals surface area contributed by atoms with Crippen molar-refractivity contribution >= 4 is 27.6 Å². The van der Waals surface area contributed by atoms with Crippen LogP contribution in [0.15, 0.2) is 29.2 Å². The highest BCUT2D eigenvalue weighted by Gasteiger charge is 2.15. The molecule has 100 valence electrons. The number of carbonyl (C=O) groups excluding carboxylic acids is 1. The second-order valence-corrected chi connectivity index (χ2v) is 7.03. The number of carbonyl (C=O) groups is 1. The van der Waals surface area contributed by atoms with Gasteiger partial charge in [-0.05, 0) is 25.3 Å². The minimum absolute atomic E-state index is 0.128. The first-order valence-corrected chi connectivity index (χ1v) is 8.27. The molecule has 0 radical (unpaired) electrons. The molecule has 0 saturated heterocycles. The molecule has 1 rings (SSSR count). The van der Waals surface area contributed by atoms with Crippen molar-refractivity contribution in [2.24, 2.45) is 0 Å². The van der Waals surface area contributed by atoms with Gasteiger partial charge in [0, 0.05) is 17.4 Å². The molecule has 6 heteroatoms. The summed E-state index contributed by atoms with van der Waals surface area (Å²) in [4.78, 5) is 11.3. The second-order valence-electron chi connectivity index (χ2n) is 3.98. The van der Waals surface area contributed by atoms with E-state index in [1.165, 1.54) is 19.1 Å². The molecule has 1 atom stereocenters. The first-order valence-electron chi connectivity index (χ1n) is 5.50. The van der Waals surface area contributed by atoms with Crippen LogP contribution in [-0.2, 0) is 10.0 Å². The van der Waals surface area contributed by atoms with Gasteiger partial charge in [-0.2, -0.15) is 11.8 Å². The normalized spacial score (nSPS) is 13.3. The molecule has 1 unspecified atom stereocenters. The Morgan fingerprint density at radius 3 is 2.67 bits per heavy atom. The lowest BCUT2D eigenvalue weighted by Gasteiger charge is -2.11. The Morgan fingerprint density at radius 2 is 2.11 bits per heavy atom. The van der Waals surface area contributed by atoms with E-state index in [2.05, 4.69) is 4.72 Å². The van der Waals surface area contributed by atoms with Crippen LogP contribution in [-0.4, -0.2) is 32.3 Å². The molecule has 1 aromatic carbocycles. The quantitative estimate of drug-likeness (QED) is 0.812. The van der Waals surface area contributed by atoms with Gasteiger partial charge in [-0.3, -0.25) is 4.79 Å². The summed E-state index contributed by atoms with van der Waals surface area (Å²) >= 11 is 1.59. The van der Waals surface area contributed by atoms with Gasteiger partial charge in [0.15, 0.2) is 5.78 Å². The van der Waals surface area contributed by atoms with Crippen LogP contribution >= 0.6 is 11.8 Å². The maximum absolute atomic E-state index is 12.0. The molecule has 1 N–H and O–H groups in total. The second kappa shape index (κ2) is 6.36. The Labute approximate surface area is 112 Å². The van der Waals surface area contributed by atoms with E-state index < -0.39 is 10.0 Å². The maximum Gasteiger partial charge on any atom is 0.240 e. The van der Waals surface area contributed by atoms with Crippen molar-refractivity contribution in [3.8, 4) is 0 Å². The first-order chi connectivity index (χ1) is 8.36. The van der Waals surface area contributed by atoms with E-state index in [9.17, 15) is 13.2 Å². The number of benzene rings is 1. The van der Waals surface area contributed by atoms with Crippen molar-refractivity contribution in [3.05, 3.63) is 29.8 Å². The van der Waals surface area contributed by atoms with Gasteiger partial charge >= 0.3 is 0 Å². The number of thioether (sulfide) groups is 1. The zero-order valence-electron chi connectivity index (χ0n) is 10.6. The largest absolute Gasteiger partial charge is 0.295 e. The molecule has 0 aliphatic carbocycles. The zero-order valence-corrected chi connectivity index (χ0v) is 12.3. The average molecular weight is 287 g/mol. The zero-order chi connectivity index (χ0) is 13.8. The first kappa shape index (κ1) is 15.2.